The maximum atomic E-state index is 5.41. The number of hydrogen-bond acceptors (Lipinski definition) is 2. The Morgan fingerprint density at radius 2 is 1.67 bits per heavy atom. The zero-order valence-electron chi connectivity index (χ0n) is 8.13. The quantitative estimate of drug-likeness (QED) is 0.349. The van der Waals surface area contributed by atoms with Gasteiger partial charge in [0.05, 0.1) is 6.17 Å². The molecule has 12 heavy (non-hydrogen) atoms. The zero-order valence-corrected chi connectivity index (χ0v) is 8.13. The van der Waals surface area contributed by atoms with E-state index in [1.54, 1.807) is 0 Å². The second-order valence-electron chi connectivity index (χ2n) is 3.21. The highest BCUT2D eigenvalue weighted by Crippen LogP contribution is 2.00. The summed E-state index contributed by atoms with van der Waals surface area (Å²) in [5.41, 5.74) is 10.8. The Hall–Kier alpha value is -0.340. The molecule has 4 N–H and O–H groups in total. The molecule has 0 aromatic carbocycles. The predicted octanol–water partition coefficient (Wildman–Crippen LogP) is 2.15. The first-order valence-corrected chi connectivity index (χ1v) is 4.93. The van der Waals surface area contributed by atoms with E-state index in [-0.39, 0.29) is 6.17 Å². The van der Waals surface area contributed by atoms with Gasteiger partial charge in [-0.3, -0.25) is 0 Å². The van der Waals surface area contributed by atoms with Gasteiger partial charge in [0, 0.05) is 0 Å². The second kappa shape index (κ2) is 8.75. The molecular weight excluding hydrogens is 148 g/mol. The van der Waals surface area contributed by atoms with Gasteiger partial charge >= 0.3 is 0 Å². The van der Waals surface area contributed by atoms with Crippen LogP contribution in [0.15, 0.2) is 12.2 Å². The Morgan fingerprint density at radius 3 is 2.17 bits per heavy atom. The van der Waals surface area contributed by atoms with Gasteiger partial charge in [-0.1, -0.05) is 31.9 Å². The maximum Gasteiger partial charge on any atom is 0.0520 e. The van der Waals surface area contributed by atoms with Gasteiger partial charge < -0.3 is 11.5 Å². The largest absolute Gasteiger partial charge is 0.316 e. The third-order valence-corrected chi connectivity index (χ3v) is 1.80. The molecule has 0 saturated carbocycles. The molecule has 0 spiro atoms. The standard InChI is InChI=1S/C10H22N2/c1-2-3-4-5-6-7-8-9-10(11)12/h5-6,10H,2-4,7-9,11-12H2,1H3. The van der Waals surface area contributed by atoms with E-state index in [2.05, 4.69) is 19.1 Å². The zero-order chi connectivity index (χ0) is 9.23. The van der Waals surface area contributed by atoms with Crippen molar-refractivity contribution in [3.8, 4) is 0 Å². The minimum atomic E-state index is -0.131. The molecule has 0 amide bonds. The molecule has 0 rings (SSSR count). The fraction of sp³-hybridized carbons (Fsp3) is 0.800. The third-order valence-electron chi connectivity index (χ3n) is 1.80. The van der Waals surface area contributed by atoms with Crippen LogP contribution in [-0.4, -0.2) is 6.17 Å². The van der Waals surface area contributed by atoms with Gasteiger partial charge in [0.25, 0.3) is 0 Å². The van der Waals surface area contributed by atoms with Crippen molar-refractivity contribution < 1.29 is 0 Å². The molecule has 0 heterocycles. The van der Waals surface area contributed by atoms with E-state index in [1.807, 2.05) is 0 Å². The van der Waals surface area contributed by atoms with Crippen LogP contribution in [0.3, 0.4) is 0 Å². The number of nitrogens with two attached hydrogens (primary N) is 2. The Kier molecular flexibility index (Phi) is 8.51. The number of hydrogen-bond donors (Lipinski definition) is 2. The monoisotopic (exact) mass is 170 g/mol. The van der Waals surface area contributed by atoms with E-state index in [0.29, 0.717) is 0 Å². The van der Waals surface area contributed by atoms with E-state index < -0.39 is 0 Å². The molecule has 2 nitrogen and oxygen atoms in total. The van der Waals surface area contributed by atoms with Crippen LogP contribution in [0.4, 0.5) is 0 Å². The minimum Gasteiger partial charge on any atom is -0.316 e. The lowest BCUT2D eigenvalue weighted by Gasteiger charge is -2.01. The summed E-state index contributed by atoms with van der Waals surface area (Å²) in [6.07, 6.45) is 11.3. The highest BCUT2D eigenvalue weighted by molar-refractivity contribution is 4.81. The van der Waals surface area contributed by atoms with E-state index in [9.17, 15) is 0 Å². The number of rotatable bonds is 7. The molecule has 0 aromatic rings. The maximum absolute atomic E-state index is 5.41. The minimum absolute atomic E-state index is 0.131. The van der Waals surface area contributed by atoms with Crippen LogP contribution >= 0.6 is 0 Å². The van der Waals surface area contributed by atoms with Crippen molar-refractivity contribution in [1.29, 1.82) is 0 Å². The normalized spacial score (nSPS) is 11.7. The Morgan fingerprint density at radius 1 is 1.08 bits per heavy atom. The Balaban J connectivity index is 3.03. The van der Waals surface area contributed by atoms with Gasteiger partial charge in [-0.05, 0) is 25.7 Å². The molecule has 0 aliphatic rings. The number of unbranched alkanes of at least 4 members (excludes halogenated alkanes) is 3. The lowest BCUT2D eigenvalue weighted by molar-refractivity contribution is 0.607. The second-order valence-corrected chi connectivity index (χ2v) is 3.21. The van der Waals surface area contributed by atoms with Gasteiger partial charge in [0.15, 0.2) is 0 Å². The first kappa shape index (κ1) is 11.7. The first-order chi connectivity index (χ1) is 5.77. The van der Waals surface area contributed by atoms with Gasteiger partial charge in [-0.15, -0.1) is 0 Å². The van der Waals surface area contributed by atoms with Crippen LogP contribution in [-0.2, 0) is 0 Å². The summed E-state index contributed by atoms with van der Waals surface area (Å²) < 4.78 is 0. The summed E-state index contributed by atoms with van der Waals surface area (Å²) in [7, 11) is 0. The summed E-state index contributed by atoms with van der Waals surface area (Å²) in [4.78, 5) is 0. The summed E-state index contributed by atoms with van der Waals surface area (Å²) in [6.45, 7) is 2.21. The molecule has 0 aliphatic carbocycles. The van der Waals surface area contributed by atoms with Gasteiger partial charge in [-0.2, -0.15) is 0 Å². The van der Waals surface area contributed by atoms with Gasteiger partial charge in [0.2, 0.25) is 0 Å². The van der Waals surface area contributed by atoms with Crippen LogP contribution in [0.5, 0.6) is 0 Å². The van der Waals surface area contributed by atoms with Crippen molar-refractivity contribution in [3.05, 3.63) is 12.2 Å². The van der Waals surface area contributed by atoms with Gasteiger partial charge in [-0.25, -0.2) is 0 Å². The van der Waals surface area contributed by atoms with Crippen molar-refractivity contribution in [2.24, 2.45) is 11.5 Å². The molecule has 2 heteroatoms. The summed E-state index contributed by atoms with van der Waals surface area (Å²) in [5.74, 6) is 0. The molecule has 0 radical (unpaired) electrons. The lowest BCUT2D eigenvalue weighted by atomic mass is 10.2. The number of allylic oxidation sites excluding steroid dienone is 2. The topological polar surface area (TPSA) is 52.0 Å². The molecule has 0 bridgehead atoms. The van der Waals surface area contributed by atoms with E-state index in [0.717, 1.165) is 19.3 Å². The molecule has 0 aliphatic heterocycles. The van der Waals surface area contributed by atoms with Gasteiger partial charge in [0.1, 0.15) is 0 Å². The average molecular weight is 170 g/mol. The molecular formula is C10H22N2. The fourth-order valence-electron chi connectivity index (χ4n) is 1.03. The van der Waals surface area contributed by atoms with Crippen LogP contribution in [0.1, 0.15) is 45.4 Å². The SMILES string of the molecule is CCCCC=CCCCC(N)N. The van der Waals surface area contributed by atoms with E-state index in [4.69, 9.17) is 11.5 Å². The fourth-order valence-corrected chi connectivity index (χ4v) is 1.03. The molecule has 0 unspecified atom stereocenters. The molecule has 72 valence electrons. The third kappa shape index (κ3) is 9.66. The summed E-state index contributed by atoms with van der Waals surface area (Å²) in [5, 5.41) is 0. The van der Waals surface area contributed by atoms with Crippen LogP contribution in [0.25, 0.3) is 0 Å². The van der Waals surface area contributed by atoms with Crippen molar-refractivity contribution in [3.63, 3.8) is 0 Å². The molecule has 0 fully saturated rings. The first-order valence-electron chi connectivity index (χ1n) is 4.93. The van der Waals surface area contributed by atoms with E-state index >= 15 is 0 Å². The highest BCUT2D eigenvalue weighted by atomic mass is 14.8. The lowest BCUT2D eigenvalue weighted by Crippen LogP contribution is -2.29. The molecule has 0 atom stereocenters. The van der Waals surface area contributed by atoms with Crippen molar-refractivity contribution in [2.75, 3.05) is 0 Å². The average Bonchev–Trinajstić information content (AvgIpc) is 2.02. The summed E-state index contributed by atoms with van der Waals surface area (Å²) >= 11 is 0. The summed E-state index contributed by atoms with van der Waals surface area (Å²) in [6, 6.07) is 0. The van der Waals surface area contributed by atoms with Crippen LogP contribution in [0, 0.1) is 0 Å². The predicted molar refractivity (Wildman–Crippen MR) is 54.7 cm³/mol. The van der Waals surface area contributed by atoms with Crippen LogP contribution < -0.4 is 11.5 Å². The Bertz CT molecular complexity index is 108. The van der Waals surface area contributed by atoms with Crippen LogP contribution in [0.2, 0.25) is 0 Å². The van der Waals surface area contributed by atoms with E-state index in [1.165, 1.54) is 19.3 Å². The van der Waals surface area contributed by atoms with Crippen molar-refractivity contribution >= 4 is 0 Å². The van der Waals surface area contributed by atoms with Crippen molar-refractivity contribution in [2.45, 2.75) is 51.6 Å². The smallest absolute Gasteiger partial charge is 0.0520 e. The molecule has 0 saturated heterocycles. The highest BCUT2D eigenvalue weighted by Gasteiger charge is 1.90. The molecule has 0 aromatic heterocycles. The van der Waals surface area contributed by atoms with Crippen molar-refractivity contribution in [1.82, 2.24) is 0 Å². The Labute approximate surface area is 76.0 Å².